The standard InChI is InChI=1S/C6H12OS/c1-4-3-6(8)5(2)7-4/h4-6,8H,3H2,1-2H3/t4-,5+,6+/m0/s1. The average molecular weight is 132 g/mol. The Bertz CT molecular complexity index is 74.6. The summed E-state index contributed by atoms with van der Waals surface area (Å²) in [6, 6.07) is 0. The molecule has 48 valence electrons. The van der Waals surface area contributed by atoms with E-state index in [-0.39, 0.29) is 0 Å². The molecule has 0 bridgehead atoms. The zero-order valence-electron chi connectivity index (χ0n) is 5.29. The Hall–Kier alpha value is 0.310. The van der Waals surface area contributed by atoms with E-state index >= 15 is 0 Å². The molecule has 1 nitrogen and oxygen atoms in total. The van der Waals surface area contributed by atoms with Gasteiger partial charge in [-0.05, 0) is 20.3 Å². The van der Waals surface area contributed by atoms with Crippen LogP contribution >= 0.6 is 12.6 Å². The van der Waals surface area contributed by atoms with Gasteiger partial charge in [0.1, 0.15) is 0 Å². The molecule has 0 aromatic rings. The van der Waals surface area contributed by atoms with E-state index in [1.165, 1.54) is 0 Å². The largest absolute Gasteiger partial charge is 0.374 e. The summed E-state index contributed by atoms with van der Waals surface area (Å²) in [6.45, 7) is 4.16. The summed E-state index contributed by atoms with van der Waals surface area (Å²) in [5.41, 5.74) is 0. The van der Waals surface area contributed by atoms with Crippen LogP contribution in [0.4, 0.5) is 0 Å². The lowest BCUT2D eigenvalue weighted by atomic mass is 10.2. The molecule has 0 aromatic heterocycles. The van der Waals surface area contributed by atoms with Crippen molar-refractivity contribution in [1.29, 1.82) is 0 Å². The topological polar surface area (TPSA) is 9.23 Å². The van der Waals surface area contributed by atoms with Crippen LogP contribution in [0.25, 0.3) is 0 Å². The summed E-state index contributed by atoms with van der Waals surface area (Å²) in [7, 11) is 0. The van der Waals surface area contributed by atoms with E-state index in [0.29, 0.717) is 17.5 Å². The molecule has 1 aliphatic heterocycles. The summed E-state index contributed by atoms with van der Waals surface area (Å²) < 4.78 is 5.40. The van der Waals surface area contributed by atoms with Crippen LogP contribution in [0.3, 0.4) is 0 Å². The Morgan fingerprint density at radius 1 is 1.50 bits per heavy atom. The van der Waals surface area contributed by atoms with Gasteiger partial charge in [0, 0.05) is 5.25 Å². The molecule has 1 aliphatic rings. The maximum atomic E-state index is 5.40. The second-order valence-corrected chi connectivity index (χ2v) is 3.12. The van der Waals surface area contributed by atoms with Crippen LogP contribution in [-0.2, 0) is 4.74 Å². The van der Waals surface area contributed by atoms with E-state index in [9.17, 15) is 0 Å². The lowest BCUT2D eigenvalue weighted by Gasteiger charge is -2.04. The molecule has 1 fully saturated rings. The van der Waals surface area contributed by atoms with Gasteiger partial charge in [0.15, 0.2) is 0 Å². The first-order chi connectivity index (χ1) is 3.70. The summed E-state index contributed by atoms with van der Waals surface area (Å²) in [5, 5.41) is 0.463. The van der Waals surface area contributed by atoms with Crippen molar-refractivity contribution in [2.24, 2.45) is 0 Å². The fraction of sp³-hybridized carbons (Fsp3) is 1.00. The van der Waals surface area contributed by atoms with Gasteiger partial charge in [-0.3, -0.25) is 0 Å². The molecular weight excluding hydrogens is 120 g/mol. The van der Waals surface area contributed by atoms with Crippen LogP contribution < -0.4 is 0 Å². The highest BCUT2D eigenvalue weighted by Crippen LogP contribution is 2.23. The van der Waals surface area contributed by atoms with Crippen molar-refractivity contribution in [2.45, 2.75) is 37.7 Å². The van der Waals surface area contributed by atoms with Crippen molar-refractivity contribution in [3.8, 4) is 0 Å². The third-order valence-electron chi connectivity index (χ3n) is 1.56. The first kappa shape index (κ1) is 6.43. The Balaban J connectivity index is 2.39. The molecule has 2 heteroatoms. The minimum absolute atomic E-state index is 0.355. The highest BCUT2D eigenvalue weighted by Gasteiger charge is 2.25. The minimum atomic E-state index is 0.355. The Labute approximate surface area is 55.8 Å². The second-order valence-electron chi connectivity index (χ2n) is 2.45. The van der Waals surface area contributed by atoms with E-state index in [2.05, 4.69) is 26.5 Å². The number of hydrogen-bond donors (Lipinski definition) is 1. The zero-order valence-corrected chi connectivity index (χ0v) is 6.19. The van der Waals surface area contributed by atoms with E-state index < -0.39 is 0 Å². The van der Waals surface area contributed by atoms with Gasteiger partial charge in [-0.15, -0.1) is 0 Å². The van der Waals surface area contributed by atoms with Crippen LogP contribution in [0.1, 0.15) is 20.3 Å². The molecule has 1 rings (SSSR count). The molecule has 0 saturated carbocycles. The molecule has 1 heterocycles. The summed E-state index contributed by atoms with van der Waals surface area (Å²) in [6.07, 6.45) is 1.88. The summed E-state index contributed by atoms with van der Waals surface area (Å²) in [4.78, 5) is 0. The molecular formula is C6H12OS. The highest BCUT2D eigenvalue weighted by atomic mass is 32.1. The molecule has 3 atom stereocenters. The van der Waals surface area contributed by atoms with Crippen molar-refractivity contribution in [2.75, 3.05) is 0 Å². The van der Waals surface area contributed by atoms with Crippen LogP contribution in [0, 0.1) is 0 Å². The van der Waals surface area contributed by atoms with Crippen LogP contribution in [0.15, 0.2) is 0 Å². The molecule has 0 aliphatic carbocycles. The smallest absolute Gasteiger partial charge is 0.0667 e. The molecule has 8 heavy (non-hydrogen) atoms. The molecule has 0 aromatic carbocycles. The number of hydrogen-bond acceptors (Lipinski definition) is 2. The van der Waals surface area contributed by atoms with Gasteiger partial charge in [0.25, 0.3) is 0 Å². The minimum Gasteiger partial charge on any atom is -0.374 e. The van der Waals surface area contributed by atoms with Crippen molar-refractivity contribution < 1.29 is 4.74 Å². The monoisotopic (exact) mass is 132 g/mol. The number of ether oxygens (including phenoxy) is 1. The second kappa shape index (κ2) is 2.28. The molecule has 1 saturated heterocycles. The van der Waals surface area contributed by atoms with E-state index in [1.807, 2.05) is 0 Å². The third-order valence-corrected chi connectivity index (χ3v) is 2.19. The van der Waals surface area contributed by atoms with Gasteiger partial charge >= 0.3 is 0 Å². The molecule has 0 unspecified atom stereocenters. The Morgan fingerprint density at radius 3 is 2.25 bits per heavy atom. The van der Waals surface area contributed by atoms with Crippen LogP contribution in [0.2, 0.25) is 0 Å². The van der Waals surface area contributed by atoms with Crippen molar-refractivity contribution in [3.05, 3.63) is 0 Å². The van der Waals surface area contributed by atoms with Crippen LogP contribution in [0.5, 0.6) is 0 Å². The predicted octanol–water partition coefficient (Wildman–Crippen LogP) is 1.48. The van der Waals surface area contributed by atoms with E-state index in [1.54, 1.807) is 0 Å². The first-order valence-electron chi connectivity index (χ1n) is 3.03. The van der Waals surface area contributed by atoms with Crippen molar-refractivity contribution in [1.82, 2.24) is 0 Å². The summed E-state index contributed by atoms with van der Waals surface area (Å²) >= 11 is 4.32. The van der Waals surface area contributed by atoms with Gasteiger partial charge in [-0.1, -0.05) is 0 Å². The predicted molar refractivity (Wildman–Crippen MR) is 37.4 cm³/mol. The van der Waals surface area contributed by atoms with Crippen LogP contribution in [-0.4, -0.2) is 17.5 Å². The first-order valence-corrected chi connectivity index (χ1v) is 3.55. The Morgan fingerprint density at radius 2 is 2.12 bits per heavy atom. The van der Waals surface area contributed by atoms with Gasteiger partial charge in [0.2, 0.25) is 0 Å². The number of thiol groups is 1. The van der Waals surface area contributed by atoms with Gasteiger partial charge in [0.05, 0.1) is 12.2 Å². The van der Waals surface area contributed by atoms with E-state index in [4.69, 9.17) is 4.74 Å². The van der Waals surface area contributed by atoms with Crippen molar-refractivity contribution >= 4 is 12.6 Å². The normalized spacial score (nSPS) is 47.6. The fourth-order valence-electron chi connectivity index (χ4n) is 1.04. The highest BCUT2D eigenvalue weighted by molar-refractivity contribution is 7.81. The number of rotatable bonds is 0. The molecule has 0 spiro atoms. The maximum Gasteiger partial charge on any atom is 0.0667 e. The van der Waals surface area contributed by atoms with Gasteiger partial charge in [-0.25, -0.2) is 0 Å². The molecule has 0 radical (unpaired) electrons. The quantitative estimate of drug-likeness (QED) is 0.491. The summed E-state index contributed by atoms with van der Waals surface area (Å²) in [5.74, 6) is 0. The molecule has 0 amide bonds. The van der Waals surface area contributed by atoms with Crippen molar-refractivity contribution in [3.63, 3.8) is 0 Å². The lowest BCUT2D eigenvalue weighted by molar-refractivity contribution is 0.0684. The fourth-order valence-corrected chi connectivity index (χ4v) is 1.41. The maximum absolute atomic E-state index is 5.40. The lowest BCUT2D eigenvalue weighted by Crippen LogP contribution is -2.09. The SMILES string of the molecule is C[C@H]1C[C@@H](S)[C@@H](C)O1. The average Bonchev–Trinajstić information content (AvgIpc) is 1.85. The molecule has 0 N–H and O–H groups in total. The van der Waals surface area contributed by atoms with Gasteiger partial charge in [-0.2, -0.15) is 12.6 Å². The third kappa shape index (κ3) is 1.17. The zero-order chi connectivity index (χ0) is 6.15. The van der Waals surface area contributed by atoms with Gasteiger partial charge < -0.3 is 4.74 Å². The Kier molecular flexibility index (Phi) is 1.83. The van der Waals surface area contributed by atoms with E-state index in [0.717, 1.165) is 6.42 Å².